The van der Waals surface area contributed by atoms with Gasteiger partial charge >= 0.3 is 0 Å². The lowest BCUT2D eigenvalue weighted by molar-refractivity contribution is -0.120. The minimum atomic E-state index is 0.364. The van der Waals surface area contributed by atoms with Gasteiger partial charge < -0.3 is 0 Å². The van der Waals surface area contributed by atoms with Crippen molar-refractivity contribution < 1.29 is 4.79 Å². The Hall–Kier alpha value is -1.12. The van der Waals surface area contributed by atoms with Crippen molar-refractivity contribution >= 4 is 5.78 Å². The Labute approximate surface area is 84.1 Å². The Bertz CT molecular complexity index is 343. The molecule has 1 fully saturated rings. The Morgan fingerprint density at radius 3 is 2.93 bits per heavy atom. The number of ketones is 1. The van der Waals surface area contributed by atoms with Crippen LogP contribution in [0.15, 0.2) is 12.3 Å². The summed E-state index contributed by atoms with van der Waals surface area (Å²) in [4.78, 5) is 11.6. The summed E-state index contributed by atoms with van der Waals surface area (Å²) in [5.74, 6) is 1.43. The molecule has 1 heterocycles. The summed E-state index contributed by atoms with van der Waals surface area (Å²) in [6, 6.07) is 1.98. The average Bonchev–Trinajstić information content (AvgIpc) is 2.74. The van der Waals surface area contributed by atoms with Gasteiger partial charge in [0, 0.05) is 31.3 Å². The van der Waals surface area contributed by atoms with Crippen molar-refractivity contribution in [2.75, 3.05) is 0 Å². The summed E-state index contributed by atoms with van der Waals surface area (Å²) in [5, 5.41) is 4.08. The highest BCUT2D eigenvalue weighted by molar-refractivity contribution is 5.83. The van der Waals surface area contributed by atoms with Gasteiger partial charge in [-0.05, 0) is 24.8 Å². The van der Waals surface area contributed by atoms with E-state index in [2.05, 4.69) is 12.0 Å². The molecule has 0 N–H and O–H groups in total. The van der Waals surface area contributed by atoms with E-state index in [4.69, 9.17) is 0 Å². The molecule has 0 spiro atoms. The van der Waals surface area contributed by atoms with Gasteiger partial charge in [0.25, 0.3) is 0 Å². The maximum atomic E-state index is 11.6. The summed E-state index contributed by atoms with van der Waals surface area (Å²) >= 11 is 0. The lowest BCUT2D eigenvalue weighted by Crippen LogP contribution is -2.06. The maximum Gasteiger partial charge on any atom is 0.136 e. The molecule has 0 saturated heterocycles. The first-order chi connectivity index (χ1) is 6.68. The largest absolute Gasteiger partial charge is 0.299 e. The fourth-order valence-electron chi connectivity index (χ4n) is 1.85. The number of carbonyl (C=O) groups is 1. The van der Waals surface area contributed by atoms with Gasteiger partial charge in [-0.3, -0.25) is 9.48 Å². The summed E-state index contributed by atoms with van der Waals surface area (Å²) in [6.45, 7) is 2.15. The van der Waals surface area contributed by atoms with Crippen LogP contribution in [0.2, 0.25) is 0 Å². The highest BCUT2D eigenvalue weighted by Crippen LogP contribution is 2.39. The van der Waals surface area contributed by atoms with E-state index in [-0.39, 0.29) is 0 Å². The first-order valence-electron chi connectivity index (χ1n) is 5.18. The van der Waals surface area contributed by atoms with Crippen LogP contribution in [0.25, 0.3) is 0 Å². The van der Waals surface area contributed by atoms with Gasteiger partial charge in [-0.2, -0.15) is 5.10 Å². The molecule has 0 aromatic carbocycles. The topological polar surface area (TPSA) is 34.9 Å². The Kier molecular flexibility index (Phi) is 2.40. The Morgan fingerprint density at radius 2 is 2.43 bits per heavy atom. The second-order valence-corrected chi connectivity index (χ2v) is 4.23. The third kappa shape index (κ3) is 1.86. The first kappa shape index (κ1) is 9.44. The van der Waals surface area contributed by atoms with Crippen molar-refractivity contribution in [1.82, 2.24) is 9.78 Å². The van der Waals surface area contributed by atoms with Crippen LogP contribution in [-0.2, 0) is 18.3 Å². The molecule has 0 aliphatic heterocycles. The molecule has 2 atom stereocenters. The molecule has 1 saturated carbocycles. The second-order valence-electron chi connectivity index (χ2n) is 4.23. The van der Waals surface area contributed by atoms with E-state index >= 15 is 0 Å². The van der Waals surface area contributed by atoms with Gasteiger partial charge in [0.2, 0.25) is 0 Å². The van der Waals surface area contributed by atoms with E-state index in [1.807, 2.05) is 17.8 Å². The minimum absolute atomic E-state index is 0.364. The van der Waals surface area contributed by atoms with E-state index in [9.17, 15) is 4.79 Å². The molecule has 14 heavy (non-hydrogen) atoms. The van der Waals surface area contributed by atoms with Crippen molar-refractivity contribution in [2.45, 2.75) is 26.2 Å². The van der Waals surface area contributed by atoms with Crippen molar-refractivity contribution in [3.05, 3.63) is 18.0 Å². The minimum Gasteiger partial charge on any atom is -0.299 e. The highest BCUT2D eigenvalue weighted by Gasteiger charge is 2.38. The third-order valence-electron chi connectivity index (χ3n) is 3.07. The zero-order chi connectivity index (χ0) is 10.1. The van der Waals surface area contributed by atoms with Gasteiger partial charge in [0.15, 0.2) is 0 Å². The number of Topliss-reactive ketones (excluding diaryl/α,β-unsaturated/α-hetero) is 1. The molecule has 3 heteroatoms. The highest BCUT2D eigenvalue weighted by atomic mass is 16.1. The molecule has 1 aromatic rings. The SMILES string of the molecule is CC1CC1C(=O)CCc1ccnn1C. The zero-order valence-electron chi connectivity index (χ0n) is 8.73. The van der Waals surface area contributed by atoms with Crippen LogP contribution in [0.1, 0.15) is 25.5 Å². The summed E-state index contributed by atoms with van der Waals surface area (Å²) in [5.41, 5.74) is 1.15. The quantitative estimate of drug-likeness (QED) is 0.726. The first-order valence-corrected chi connectivity index (χ1v) is 5.18. The summed E-state index contributed by atoms with van der Waals surface area (Å²) in [6.07, 6.45) is 4.39. The lowest BCUT2D eigenvalue weighted by atomic mass is 10.1. The molecule has 0 amide bonds. The van der Waals surface area contributed by atoms with E-state index in [0.717, 1.165) is 18.5 Å². The number of hydrogen-bond acceptors (Lipinski definition) is 2. The average molecular weight is 192 g/mol. The molecule has 2 unspecified atom stereocenters. The van der Waals surface area contributed by atoms with Gasteiger partial charge in [-0.15, -0.1) is 0 Å². The normalized spacial score (nSPS) is 25.0. The third-order valence-corrected chi connectivity index (χ3v) is 3.07. The fraction of sp³-hybridized carbons (Fsp3) is 0.636. The number of hydrogen-bond donors (Lipinski definition) is 0. The Balaban J connectivity index is 1.83. The molecule has 1 aliphatic rings. The predicted molar refractivity (Wildman–Crippen MR) is 53.8 cm³/mol. The van der Waals surface area contributed by atoms with Crippen LogP contribution in [0, 0.1) is 11.8 Å². The number of nitrogens with zero attached hydrogens (tertiary/aromatic N) is 2. The smallest absolute Gasteiger partial charge is 0.136 e. The number of aryl methyl sites for hydroxylation is 2. The van der Waals surface area contributed by atoms with Gasteiger partial charge in [-0.1, -0.05) is 6.92 Å². The van der Waals surface area contributed by atoms with Crippen LogP contribution in [0.5, 0.6) is 0 Å². The monoisotopic (exact) mass is 192 g/mol. The molecule has 2 rings (SSSR count). The summed E-state index contributed by atoms with van der Waals surface area (Å²) in [7, 11) is 1.92. The number of aromatic nitrogens is 2. The molecular formula is C11H16N2O. The molecule has 1 aliphatic carbocycles. The number of carbonyl (C=O) groups excluding carboxylic acids is 1. The van der Waals surface area contributed by atoms with Crippen LogP contribution < -0.4 is 0 Å². The van der Waals surface area contributed by atoms with Crippen LogP contribution in [-0.4, -0.2) is 15.6 Å². The van der Waals surface area contributed by atoms with Gasteiger partial charge in [-0.25, -0.2) is 0 Å². The number of rotatable bonds is 4. The molecule has 0 bridgehead atoms. The zero-order valence-corrected chi connectivity index (χ0v) is 8.73. The molecule has 76 valence electrons. The molecule has 3 nitrogen and oxygen atoms in total. The maximum absolute atomic E-state index is 11.6. The molecular weight excluding hydrogens is 176 g/mol. The van der Waals surface area contributed by atoms with E-state index in [1.54, 1.807) is 6.20 Å². The van der Waals surface area contributed by atoms with Crippen LogP contribution in [0.3, 0.4) is 0 Å². The van der Waals surface area contributed by atoms with E-state index in [0.29, 0.717) is 24.0 Å². The predicted octanol–water partition coefficient (Wildman–Crippen LogP) is 1.58. The second kappa shape index (κ2) is 3.56. The van der Waals surface area contributed by atoms with Crippen molar-refractivity contribution in [2.24, 2.45) is 18.9 Å². The van der Waals surface area contributed by atoms with E-state index < -0.39 is 0 Å². The molecule has 0 radical (unpaired) electrons. The lowest BCUT2D eigenvalue weighted by Gasteiger charge is -2.00. The molecule has 1 aromatic heterocycles. The van der Waals surface area contributed by atoms with Crippen LogP contribution in [0.4, 0.5) is 0 Å². The van der Waals surface area contributed by atoms with E-state index in [1.165, 1.54) is 0 Å². The standard InChI is InChI=1S/C11H16N2O/c1-8-7-10(8)11(14)4-3-9-5-6-12-13(9)2/h5-6,8,10H,3-4,7H2,1-2H3. The van der Waals surface area contributed by atoms with Crippen LogP contribution >= 0.6 is 0 Å². The van der Waals surface area contributed by atoms with Gasteiger partial charge in [0.05, 0.1) is 0 Å². The van der Waals surface area contributed by atoms with Gasteiger partial charge in [0.1, 0.15) is 5.78 Å². The van der Waals surface area contributed by atoms with Crippen molar-refractivity contribution in [3.63, 3.8) is 0 Å². The van der Waals surface area contributed by atoms with Crippen molar-refractivity contribution in [1.29, 1.82) is 0 Å². The fourth-order valence-corrected chi connectivity index (χ4v) is 1.85. The Morgan fingerprint density at radius 1 is 1.71 bits per heavy atom. The van der Waals surface area contributed by atoms with Crippen molar-refractivity contribution in [3.8, 4) is 0 Å². The summed E-state index contributed by atoms with van der Waals surface area (Å²) < 4.78 is 1.84.